The highest BCUT2D eigenvalue weighted by Gasteiger charge is 2.60. The maximum absolute atomic E-state index is 14.2. The van der Waals surface area contributed by atoms with Crippen LogP contribution in [0.15, 0.2) is 39.0 Å². The highest BCUT2D eigenvalue weighted by molar-refractivity contribution is 9.13. The minimum Gasteiger partial charge on any atom is -0.277 e. The smallest absolute Gasteiger partial charge is 0.238 e. The molecule has 1 saturated carbocycles. The van der Waals surface area contributed by atoms with Crippen LogP contribution >= 0.6 is 95.6 Å². The van der Waals surface area contributed by atoms with E-state index in [2.05, 4.69) is 135 Å². The maximum Gasteiger partial charge on any atom is 0.238 e. The first-order chi connectivity index (χ1) is 19.5. The van der Waals surface area contributed by atoms with Crippen molar-refractivity contribution in [1.29, 1.82) is 0 Å². The van der Waals surface area contributed by atoms with Gasteiger partial charge in [0.2, 0.25) is 11.6 Å². The first-order valence-electron chi connectivity index (χ1n) is 13.7. The van der Waals surface area contributed by atoms with Crippen molar-refractivity contribution in [2.75, 3.05) is 0 Å². The Morgan fingerprint density at radius 3 is 1.45 bits per heavy atom. The molecular formula is C34H29Br6O2+. The van der Waals surface area contributed by atoms with Crippen LogP contribution in [-0.2, 0) is 9.59 Å². The Balaban J connectivity index is 1.70. The van der Waals surface area contributed by atoms with Crippen LogP contribution in [0.25, 0.3) is 22.3 Å². The van der Waals surface area contributed by atoms with Gasteiger partial charge >= 0.3 is 0 Å². The molecule has 0 aliphatic heterocycles. The molecule has 0 amide bonds. The molecule has 42 heavy (non-hydrogen) atoms. The van der Waals surface area contributed by atoms with Crippen molar-refractivity contribution in [3.05, 3.63) is 89.4 Å². The van der Waals surface area contributed by atoms with Gasteiger partial charge in [-0.2, -0.15) is 0 Å². The van der Waals surface area contributed by atoms with E-state index in [1.807, 2.05) is 27.7 Å². The molecule has 0 aromatic rings. The lowest BCUT2D eigenvalue weighted by Crippen LogP contribution is -2.45. The second-order valence-corrected chi connectivity index (χ2v) is 16.6. The van der Waals surface area contributed by atoms with Crippen molar-refractivity contribution < 1.29 is 9.59 Å². The van der Waals surface area contributed by atoms with E-state index < -0.39 is 5.92 Å². The van der Waals surface area contributed by atoms with Gasteiger partial charge in [-0.25, -0.2) is 0 Å². The zero-order valence-corrected chi connectivity index (χ0v) is 34.0. The van der Waals surface area contributed by atoms with Crippen LogP contribution in [0.1, 0.15) is 90.0 Å². The first kappa shape index (κ1) is 32.9. The number of rotatable bonds is 4. The SMILES string of the molecule is Cc1cc2c(Br)c(C(C)C)c(Br)c(Br)c(C)c-2c1[C+]1C(=O)C(c2c(C)cc3c(Br)c(C(C)C)c(Br)c(Br)c(C)c2-3)C1=O. The molecule has 2 nitrogen and oxygen atoms in total. The molecule has 5 aliphatic rings. The molecule has 0 unspecified atom stereocenters. The topological polar surface area (TPSA) is 34.1 Å². The predicted molar refractivity (Wildman–Crippen MR) is 195 cm³/mol. The van der Waals surface area contributed by atoms with Crippen LogP contribution < -0.4 is 0 Å². The van der Waals surface area contributed by atoms with Crippen LogP contribution in [0.2, 0.25) is 0 Å². The zero-order valence-electron chi connectivity index (χ0n) is 24.5. The number of aryl methyl sites for hydroxylation is 2. The quantitative estimate of drug-likeness (QED) is 0.151. The Bertz CT molecular complexity index is 1640. The molecular weight excluding hydrogens is 920 g/mol. The van der Waals surface area contributed by atoms with E-state index in [-0.39, 0.29) is 23.4 Å². The van der Waals surface area contributed by atoms with E-state index in [1.54, 1.807) is 0 Å². The fourth-order valence-electron chi connectivity index (χ4n) is 6.48. The lowest BCUT2D eigenvalue weighted by molar-refractivity contribution is -0.135. The van der Waals surface area contributed by atoms with Crippen molar-refractivity contribution in [2.45, 2.75) is 73.1 Å². The van der Waals surface area contributed by atoms with E-state index in [1.165, 1.54) is 0 Å². The molecule has 0 spiro atoms. The van der Waals surface area contributed by atoms with Gasteiger partial charge < -0.3 is 0 Å². The number of carbonyl (C=O) groups is 2. The minimum atomic E-state index is -0.828. The monoisotopic (exact) mass is 943 g/mol. The third kappa shape index (κ3) is 4.71. The van der Waals surface area contributed by atoms with Gasteiger partial charge in [-0.05, 0) is 173 Å². The van der Waals surface area contributed by atoms with Gasteiger partial charge in [-0.1, -0.05) is 27.7 Å². The van der Waals surface area contributed by atoms with Gasteiger partial charge in [0.1, 0.15) is 5.92 Å². The summed E-state index contributed by atoms with van der Waals surface area (Å²) in [4.78, 5) is 28.5. The number of Topliss-reactive ketones (excluding diaryl/α,β-unsaturated/α-hetero) is 2. The van der Waals surface area contributed by atoms with Gasteiger partial charge in [0.15, 0.2) is 11.5 Å². The Kier molecular flexibility index (Phi) is 9.15. The Labute approximate surface area is 298 Å². The standard InChI is InChI=1S/C34H29Br6O2/c1-11(2)19-29(37)17-9-13(5)21(23(17)15(7)27(35)31(19)39)25-33(41)26(34(25)42)22-14(6)10-18-24(22)16(8)28(36)32(40)20(12(3)4)30(18)38/h9-12,25H,1-8H3/q+1. The van der Waals surface area contributed by atoms with Gasteiger partial charge in [-0.3, -0.25) is 9.59 Å². The molecule has 8 heteroatoms. The predicted octanol–water partition coefficient (Wildman–Crippen LogP) is 12.8. The van der Waals surface area contributed by atoms with Crippen molar-refractivity contribution in [3.63, 3.8) is 0 Å². The van der Waals surface area contributed by atoms with Crippen LogP contribution in [0.4, 0.5) is 0 Å². The number of hydrogen-bond donors (Lipinski definition) is 0. The Morgan fingerprint density at radius 2 is 1.00 bits per heavy atom. The van der Waals surface area contributed by atoms with E-state index in [0.717, 1.165) is 93.6 Å². The molecule has 0 radical (unpaired) electrons. The lowest BCUT2D eigenvalue weighted by Gasteiger charge is -2.28. The third-order valence-electron chi connectivity index (χ3n) is 8.52. The van der Waals surface area contributed by atoms with Crippen molar-refractivity contribution in [3.8, 4) is 22.3 Å². The molecule has 1 fully saturated rings. The van der Waals surface area contributed by atoms with E-state index >= 15 is 0 Å². The summed E-state index contributed by atoms with van der Waals surface area (Å²) < 4.78 is 5.76. The first-order valence-corrected chi connectivity index (χ1v) is 18.5. The fourth-order valence-corrected chi connectivity index (χ4v) is 11.7. The largest absolute Gasteiger partial charge is 0.277 e. The molecule has 5 aliphatic carbocycles. The number of halogens is 6. The van der Waals surface area contributed by atoms with Crippen LogP contribution in [0.5, 0.6) is 0 Å². The molecule has 0 heterocycles. The van der Waals surface area contributed by atoms with E-state index in [9.17, 15) is 9.59 Å². The zero-order chi connectivity index (χ0) is 31.3. The highest BCUT2D eigenvalue weighted by atomic mass is 79.9. The van der Waals surface area contributed by atoms with E-state index in [0.29, 0.717) is 5.92 Å². The van der Waals surface area contributed by atoms with Crippen molar-refractivity contribution in [1.82, 2.24) is 0 Å². The Morgan fingerprint density at radius 1 is 0.595 bits per heavy atom. The van der Waals surface area contributed by atoms with Crippen LogP contribution in [0, 0.1) is 33.6 Å². The number of ketones is 2. The average molecular weight is 949 g/mol. The second kappa shape index (κ2) is 11.7. The van der Waals surface area contributed by atoms with Gasteiger partial charge in [0, 0.05) is 45.4 Å². The summed E-state index contributed by atoms with van der Waals surface area (Å²) in [6.45, 7) is 16.7. The summed E-state index contributed by atoms with van der Waals surface area (Å²) in [5.74, 6) is -0.264. The van der Waals surface area contributed by atoms with Gasteiger partial charge in [0.25, 0.3) is 0 Å². The second-order valence-electron chi connectivity index (χ2n) is 11.8. The Hall–Kier alpha value is -0.510. The molecule has 0 bridgehead atoms. The molecule has 0 aromatic heterocycles. The number of hydrogen-bond acceptors (Lipinski definition) is 2. The lowest BCUT2D eigenvalue weighted by atomic mass is 9.64. The molecule has 0 N–H and O–H groups in total. The van der Waals surface area contributed by atoms with Crippen LogP contribution in [-0.4, -0.2) is 11.6 Å². The van der Waals surface area contributed by atoms with E-state index in [4.69, 9.17) is 0 Å². The van der Waals surface area contributed by atoms with Crippen molar-refractivity contribution in [2.24, 2.45) is 0 Å². The summed E-state index contributed by atoms with van der Waals surface area (Å²) >= 11 is 23.0. The molecule has 5 rings (SSSR count). The van der Waals surface area contributed by atoms with Crippen LogP contribution in [0.3, 0.4) is 0 Å². The summed E-state index contributed by atoms with van der Waals surface area (Å²) in [7, 11) is 0. The maximum atomic E-state index is 14.2. The summed E-state index contributed by atoms with van der Waals surface area (Å²) in [5.41, 5.74) is 11.6. The third-order valence-corrected chi connectivity index (χ3v) is 14.9. The highest BCUT2D eigenvalue weighted by Crippen LogP contribution is 2.56. The fraction of sp³-hybridized carbons (Fsp3) is 0.324. The van der Waals surface area contributed by atoms with Gasteiger partial charge in [0.05, 0.1) is 16.7 Å². The molecule has 0 aromatic carbocycles. The summed E-state index contributed by atoms with van der Waals surface area (Å²) in [5, 5.41) is 0. The average Bonchev–Trinajstić information content (AvgIpc) is 3.39. The normalized spacial score (nSPS) is 14.3. The molecule has 0 saturated heterocycles. The summed E-state index contributed by atoms with van der Waals surface area (Å²) in [6.07, 6.45) is 0. The number of carbonyl (C=O) groups excluding carboxylic acids is 2. The molecule has 218 valence electrons. The van der Waals surface area contributed by atoms with Crippen molar-refractivity contribution >= 4 is 107 Å². The summed E-state index contributed by atoms with van der Waals surface area (Å²) in [6, 6.07) is 4.21. The minimum absolute atomic E-state index is 0.117. The number of fused-ring (bicyclic) bond motifs is 2. The van der Waals surface area contributed by atoms with Gasteiger partial charge in [-0.15, -0.1) is 0 Å². The molecule has 0 atom stereocenters.